The molecule has 0 spiro atoms. The van der Waals surface area contributed by atoms with Gasteiger partial charge in [0.25, 0.3) is 5.91 Å². The number of aromatic nitrogens is 1. The third-order valence-corrected chi connectivity index (χ3v) is 5.50. The zero-order chi connectivity index (χ0) is 20.4. The maximum Gasteiger partial charge on any atom is 0.263 e. The molecule has 0 radical (unpaired) electrons. The van der Waals surface area contributed by atoms with E-state index in [4.69, 9.17) is 9.47 Å². The molecule has 0 aliphatic heterocycles. The van der Waals surface area contributed by atoms with E-state index in [0.717, 1.165) is 10.2 Å². The van der Waals surface area contributed by atoms with E-state index in [-0.39, 0.29) is 11.7 Å². The average molecular weight is 406 g/mol. The highest BCUT2D eigenvalue weighted by Gasteiger charge is 2.19. The fraction of sp³-hybridized carbons (Fsp3) is 0.0909. The van der Waals surface area contributed by atoms with Gasteiger partial charge in [-0.1, -0.05) is 18.2 Å². The summed E-state index contributed by atoms with van der Waals surface area (Å²) in [5, 5.41) is 13.9. The fourth-order valence-electron chi connectivity index (χ4n) is 3.04. The van der Waals surface area contributed by atoms with Crippen LogP contribution in [0.2, 0.25) is 0 Å². The van der Waals surface area contributed by atoms with Crippen LogP contribution >= 0.6 is 11.3 Å². The van der Waals surface area contributed by atoms with Crippen molar-refractivity contribution in [3.8, 4) is 27.8 Å². The molecule has 0 fully saturated rings. The molecule has 0 saturated heterocycles. The number of rotatable bonds is 5. The molecule has 146 valence electrons. The Morgan fingerprint density at radius 1 is 1.00 bits per heavy atom. The number of phenols is 1. The maximum atomic E-state index is 12.9. The van der Waals surface area contributed by atoms with Crippen molar-refractivity contribution in [2.24, 2.45) is 0 Å². The highest BCUT2D eigenvalue weighted by atomic mass is 32.1. The molecular weight excluding hydrogens is 388 g/mol. The summed E-state index contributed by atoms with van der Waals surface area (Å²) < 4.78 is 11.6. The number of benzene rings is 3. The standard InChI is InChI=1S/C22H18N2O4S/c1-27-17-7-5-8-18(28-2)20(17)21(26)23-13-10-11-16(25)14(12-13)22-24-15-6-3-4-9-19(15)29-22/h3-12,25H,1-2H3,(H,23,26). The molecule has 0 saturated carbocycles. The first-order chi connectivity index (χ1) is 14.1. The third-order valence-electron chi connectivity index (χ3n) is 4.43. The van der Waals surface area contributed by atoms with E-state index in [1.165, 1.54) is 31.6 Å². The Morgan fingerprint density at radius 3 is 2.41 bits per heavy atom. The minimum Gasteiger partial charge on any atom is -0.507 e. The summed E-state index contributed by atoms with van der Waals surface area (Å²) in [5.41, 5.74) is 2.23. The Kier molecular flexibility index (Phi) is 5.05. The van der Waals surface area contributed by atoms with E-state index in [1.54, 1.807) is 30.3 Å². The molecule has 0 aliphatic carbocycles. The monoisotopic (exact) mass is 406 g/mol. The lowest BCUT2D eigenvalue weighted by Crippen LogP contribution is -2.14. The quantitative estimate of drug-likeness (QED) is 0.459. The van der Waals surface area contributed by atoms with Gasteiger partial charge in [-0.2, -0.15) is 0 Å². The van der Waals surface area contributed by atoms with Crippen LogP contribution in [0, 0.1) is 0 Å². The topological polar surface area (TPSA) is 80.7 Å². The van der Waals surface area contributed by atoms with Crippen LogP contribution in [0.5, 0.6) is 17.2 Å². The SMILES string of the molecule is COc1cccc(OC)c1C(=O)Nc1ccc(O)c(-c2nc3ccccc3s2)c1. The molecule has 3 aromatic carbocycles. The van der Waals surface area contributed by atoms with Gasteiger partial charge >= 0.3 is 0 Å². The van der Waals surface area contributed by atoms with Crippen LogP contribution in [0.4, 0.5) is 5.69 Å². The lowest BCUT2D eigenvalue weighted by atomic mass is 10.1. The second kappa shape index (κ2) is 7.81. The van der Waals surface area contributed by atoms with Crippen molar-refractivity contribution in [1.82, 2.24) is 4.98 Å². The van der Waals surface area contributed by atoms with Crippen LogP contribution in [0.3, 0.4) is 0 Å². The predicted molar refractivity (Wildman–Crippen MR) is 114 cm³/mol. The molecule has 4 aromatic rings. The molecule has 0 unspecified atom stereocenters. The van der Waals surface area contributed by atoms with Crippen molar-refractivity contribution in [3.05, 3.63) is 66.2 Å². The van der Waals surface area contributed by atoms with E-state index < -0.39 is 0 Å². The number of carbonyl (C=O) groups excluding carboxylic acids is 1. The fourth-order valence-corrected chi connectivity index (χ4v) is 4.03. The van der Waals surface area contributed by atoms with Gasteiger partial charge in [-0.05, 0) is 42.5 Å². The Bertz CT molecular complexity index is 1150. The zero-order valence-electron chi connectivity index (χ0n) is 15.8. The van der Waals surface area contributed by atoms with Crippen molar-refractivity contribution in [2.75, 3.05) is 19.5 Å². The Balaban J connectivity index is 1.69. The first-order valence-corrected chi connectivity index (χ1v) is 9.63. The summed E-state index contributed by atoms with van der Waals surface area (Å²) in [4.78, 5) is 17.5. The van der Waals surface area contributed by atoms with Crippen molar-refractivity contribution >= 4 is 33.1 Å². The second-order valence-corrected chi connectivity index (χ2v) is 7.24. The Hall–Kier alpha value is -3.58. The summed E-state index contributed by atoms with van der Waals surface area (Å²) >= 11 is 1.48. The first kappa shape index (κ1) is 18.8. The highest BCUT2D eigenvalue weighted by molar-refractivity contribution is 7.21. The van der Waals surface area contributed by atoms with Gasteiger partial charge in [-0.25, -0.2) is 4.98 Å². The number of carbonyl (C=O) groups is 1. The molecule has 1 amide bonds. The number of phenolic OH excluding ortho intramolecular Hbond substituents is 1. The summed E-state index contributed by atoms with van der Waals surface area (Å²) in [6.45, 7) is 0. The summed E-state index contributed by atoms with van der Waals surface area (Å²) in [6, 6.07) is 17.8. The number of fused-ring (bicyclic) bond motifs is 1. The van der Waals surface area contributed by atoms with E-state index in [2.05, 4.69) is 10.3 Å². The molecular formula is C22H18N2O4S. The number of methoxy groups -OCH3 is 2. The minimum atomic E-state index is -0.375. The largest absolute Gasteiger partial charge is 0.507 e. The summed E-state index contributed by atoms with van der Waals surface area (Å²) in [7, 11) is 2.99. The van der Waals surface area contributed by atoms with Crippen molar-refractivity contribution < 1.29 is 19.4 Å². The number of ether oxygens (including phenoxy) is 2. The molecule has 4 rings (SSSR count). The van der Waals surface area contributed by atoms with Crippen LogP contribution in [0.15, 0.2) is 60.7 Å². The van der Waals surface area contributed by atoms with Crippen LogP contribution in [0.1, 0.15) is 10.4 Å². The number of hydrogen-bond donors (Lipinski definition) is 2. The zero-order valence-corrected chi connectivity index (χ0v) is 16.6. The molecule has 0 aliphatic rings. The van der Waals surface area contributed by atoms with Gasteiger partial charge in [0, 0.05) is 5.69 Å². The molecule has 6 nitrogen and oxygen atoms in total. The van der Waals surface area contributed by atoms with Crippen LogP contribution < -0.4 is 14.8 Å². The number of para-hydroxylation sites is 1. The van der Waals surface area contributed by atoms with Crippen LogP contribution in [-0.2, 0) is 0 Å². The summed E-state index contributed by atoms with van der Waals surface area (Å²) in [6.07, 6.45) is 0. The number of anilines is 1. The Labute approximate surface area is 171 Å². The summed E-state index contributed by atoms with van der Waals surface area (Å²) in [5.74, 6) is 0.538. The van der Waals surface area contributed by atoms with Gasteiger partial charge in [0.15, 0.2) is 0 Å². The molecule has 1 aromatic heterocycles. The average Bonchev–Trinajstić information content (AvgIpc) is 3.18. The van der Waals surface area contributed by atoms with Crippen molar-refractivity contribution in [2.45, 2.75) is 0 Å². The highest BCUT2D eigenvalue weighted by Crippen LogP contribution is 2.37. The van der Waals surface area contributed by atoms with E-state index >= 15 is 0 Å². The first-order valence-electron chi connectivity index (χ1n) is 8.82. The van der Waals surface area contributed by atoms with Gasteiger partial charge in [0.05, 0.1) is 30.0 Å². The second-order valence-electron chi connectivity index (χ2n) is 6.21. The number of thiazole rings is 1. The molecule has 7 heteroatoms. The number of amides is 1. The molecule has 2 N–H and O–H groups in total. The van der Waals surface area contributed by atoms with Crippen molar-refractivity contribution in [1.29, 1.82) is 0 Å². The lowest BCUT2D eigenvalue weighted by Gasteiger charge is -2.13. The van der Waals surface area contributed by atoms with E-state index in [1.807, 2.05) is 24.3 Å². The number of hydrogen-bond acceptors (Lipinski definition) is 6. The molecule has 1 heterocycles. The van der Waals surface area contributed by atoms with Gasteiger partial charge in [0.1, 0.15) is 27.8 Å². The number of nitrogens with zero attached hydrogens (tertiary/aromatic N) is 1. The lowest BCUT2D eigenvalue weighted by molar-refractivity contribution is 0.102. The normalized spacial score (nSPS) is 10.7. The smallest absolute Gasteiger partial charge is 0.263 e. The van der Waals surface area contributed by atoms with Gasteiger partial charge in [-0.3, -0.25) is 4.79 Å². The third kappa shape index (κ3) is 3.60. The van der Waals surface area contributed by atoms with Crippen LogP contribution in [0.25, 0.3) is 20.8 Å². The number of nitrogens with one attached hydrogen (secondary N) is 1. The number of aromatic hydroxyl groups is 1. The molecule has 0 bridgehead atoms. The predicted octanol–water partition coefficient (Wildman–Crippen LogP) is 4.94. The van der Waals surface area contributed by atoms with E-state index in [0.29, 0.717) is 33.3 Å². The molecule has 0 atom stereocenters. The van der Waals surface area contributed by atoms with Gasteiger partial charge in [0.2, 0.25) is 0 Å². The van der Waals surface area contributed by atoms with Gasteiger partial charge < -0.3 is 19.9 Å². The minimum absolute atomic E-state index is 0.0944. The van der Waals surface area contributed by atoms with Gasteiger partial charge in [-0.15, -0.1) is 11.3 Å². The maximum absolute atomic E-state index is 12.9. The Morgan fingerprint density at radius 2 is 1.72 bits per heavy atom. The van der Waals surface area contributed by atoms with Crippen LogP contribution in [-0.4, -0.2) is 30.2 Å². The van der Waals surface area contributed by atoms with Crippen molar-refractivity contribution in [3.63, 3.8) is 0 Å². The van der Waals surface area contributed by atoms with E-state index in [9.17, 15) is 9.90 Å². The molecule has 29 heavy (non-hydrogen) atoms.